The van der Waals surface area contributed by atoms with Crippen LogP contribution < -0.4 is 15.4 Å². The maximum absolute atomic E-state index is 5.67. The Balaban J connectivity index is 1.68. The molecule has 2 bridgehead atoms. The Morgan fingerprint density at radius 2 is 1.94 bits per heavy atom. The van der Waals surface area contributed by atoms with Crippen molar-refractivity contribution in [3.8, 4) is 5.75 Å². The summed E-state index contributed by atoms with van der Waals surface area (Å²) in [6.07, 6.45) is 5.15. The second-order valence-electron chi connectivity index (χ2n) is 5.38. The third kappa shape index (κ3) is 2.46. The van der Waals surface area contributed by atoms with Gasteiger partial charge in [0.2, 0.25) is 0 Å². The van der Waals surface area contributed by atoms with Crippen molar-refractivity contribution in [2.75, 3.05) is 11.9 Å². The fraction of sp³-hybridized carbons (Fsp3) is 0.600. The minimum absolute atomic E-state index is 0.588. The molecule has 0 radical (unpaired) electrons. The van der Waals surface area contributed by atoms with E-state index < -0.39 is 0 Å². The minimum atomic E-state index is 0.588. The van der Waals surface area contributed by atoms with Crippen molar-refractivity contribution in [3.63, 3.8) is 0 Å². The van der Waals surface area contributed by atoms with Gasteiger partial charge >= 0.3 is 0 Å². The van der Waals surface area contributed by atoms with E-state index in [4.69, 9.17) is 4.74 Å². The number of rotatable bonds is 4. The van der Waals surface area contributed by atoms with Gasteiger partial charge in [0.05, 0.1) is 12.3 Å². The number of benzene rings is 1. The lowest BCUT2D eigenvalue weighted by atomic mass is 9.99. The van der Waals surface area contributed by atoms with Crippen LogP contribution in [0.3, 0.4) is 0 Å². The van der Waals surface area contributed by atoms with Gasteiger partial charge in [-0.15, -0.1) is 0 Å². The fourth-order valence-electron chi connectivity index (χ4n) is 3.26. The monoisotopic (exact) mass is 246 g/mol. The maximum Gasteiger partial charge on any atom is 0.142 e. The van der Waals surface area contributed by atoms with E-state index in [-0.39, 0.29) is 0 Å². The first-order chi connectivity index (χ1) is 8.85. The van der Waals surface area contributed by atoms with Gasteiger partial charge in [-0.25, -0.2) is 0 Å². The van der Waals surface area contributed by atoms with Gasteiger partial charge in [0.15, 0.2) is 0 Å². The number of ether oxygens (including phenoxy) is 1. The number of piperidine rings is 1. The average molecular weight is 246 g/mol. The number of para-hydroxylation sites is 2. The van der Waals surface area contributed by atoms with Crippen molar-refractivity contribution < 1.29 is 4.74 Å². The van der Waals surface area contributed by atoms with Crippen LogP contribution in [0, 0.1) is 0 Å². The molecule has 0 aromatic heterocycles. The van der Waals surface area contributed by atoms with E-state index in [9.17, 15) is 0 Å². The third-order valence-corrected chi connectivity index (χ3v) is 4.02. The van der Waals surface area contributed by atoms with Crippen LogP contribution in [-0.2, 0) is 0 Å². The molecule has 2 heterocycles. The Morgan fingerprint density at radius 1 is 1.22 bits per heavy atom. The lowest BCUT2D eigenvalue weighted by molar-refractivity contribution is 0.339. The Kier molecular flexibility index (Phi) is 3.41. The normalized spacial score (nSPS) is 30.2. The first-order valence-electron chi connectivity index (χ1n) is 7.09. The first-order valence-corrected chi connectivity index (χ1v) is 7.09. The highest BCUT2D eigenvalue weighted by atomic mass is 16.5. The molecular formula is C15H22N2O. The fourth-order valence-corrected chi connectivity index (χ4v) is 3.26. The average Bonchev–Trinajstić information content (AvgIpc) is 2.72. The highest BCUT2D eigenvalue weighted by Gasteiger charge is 2.33. The summed E-state index contributed by atoms with van der Waals surface area (Å²) in [5, 5.41) is 7.34. The SMILES string of the molecule is CCOc1ccccc1NC1CC2CCC(C1)N2. The Labute approximate surface area is 109 Å². The third-order valence-electron chi connectivity index (χ3n) is 4.02. The van der Waals surface area contributed by atoms with Crippen LogP contribution in [0.5, 0.6) is 5.75 Å². The summed E-state index contributed by atoms with van der Waals surface area (Å²) in [4.78, 5) is 0. The van der Waals surface area contributed by atoms with Gasteiger partial charge in [-0.2, -0.15) is 0 Å². The molecule has 0 saturated carbocycles. The van der Waals surface area contributed by atoms with Crippen LogP contribution >= 0.6 is 0 Å². The lowest BCUT2D eigenvalue weighted by Crippen LogP contribution is -2.43. The number of anilines is 1. The van der Waals surface area contributed by atoms with E-state index in [1.807, 2.05) is 19.1 Å². The number of hydrogen-bond donors (Lipinski definition) is 2. The summed E-state index contributed by atoms with van der Waals surface area (Å²) in [5.74, 6) is 0.978. The maximum atomic E-state index is 5.67. The summed E-state index contributed by atoms with van der Waals surface area (Å²) in [5.41, 5.74) is 1.14. The van der Waals surface area contributed by atoms with Crippen molar-refractivity contribution in [1.29, 1.82) is 0 Å². The van der Waals surface area contributed by atoms with Crippen molar-refractivity contribution in [3.05, 3.63) is 24.3 Å². The second kappa shape index (κ2) is 5.19. The quantitative estimate of drug-likeness (QED) is 0.857. The first kappa shape index (κ1) is 11.8. The highest BCUT2D eigenvalue weighted by molar-refractivity contribution is 5.56. The summed E-state index contributed by atoms with van der Waals surface area (Å²) in [6, 6.07) is 10.3. The van der Waals surface area contributed by atoms with Crippen LogP contribution in [0.25, 0.3) is 0 Å². The molecule has 18 heavy (non-hydrogen) atoms. The molecule has 3 heteroatoms. The molecule has 2 atom stereocenters. The van der Waals surface area contributed by atoms with E-state index in [1.54, 1.807) is 0 Å². The Bertz CT molecular complexity index is 395. The van der Waals surface area contributed by atoms with Gasteiger partial charge < -0.3 is 15.4 Å². The zero-order valence-electron chi connectivity index (χ0n) is 11.0. The van der Waals surface area contributed by atoms with Gasteiger partial charge in [0, 0.05) is 18.1 Å². The van der Waals surface area contributed by atoms with E-state index in [0.29, 0.717) is 6.04 Å². The summed E-state index contributed by atoms with van der Waals surface area (Å²) in [7, 11) is 0. The predicted octanol–water partition coefficient (Wildman–Crippen LogP) is 2.78. The van der Waals surface area contributed by atoms with Crippen molar-refractivity contribution >= 4 is 5.69 Å². The smallest absolute Gasteiger partial charge is 0.142 e. The zero-order valence-corrected chi connectivity index (χ0v) is 11.0. The molecule has 1 aromatic carbocycles. The van der Waals surface area contributed by atoms with E-state index >= 15 is 0 Å². The largest absolute Gasteiger partial charge is 0.492 e. The molecule has 2 unspecified atom stereocenters. The van der Waals surface area contributed by atoms with E-state index in [0.717, 1.165) is 30.1 Å². The Morgan fingerprint density at radius 3 is 2.67 bits per heavy atom. The lowest BCUT2D eigenvalue weighted by Gasteiger charge is -2.30. The van der Waals surface area contributed by atoms with Gasteiger partial charge in [0.1, 0.15) is 5.75 Å². The zero-order chi connectivity index (χ0) is 12.4. The standard InChI is InChI=1S/C15H22N2O/c1-2-18-15-6-4-3-5-14(15)17-13-9-11-7-8-12(10-13)16-11/h3-6,11-13,16-17H,2,7-10H2,1H3. The van der Waals surface area contributed by atoms with Crippen molar-refractivity contribution in [2.24, 2.45) is 0 Å². The molecule has 1 aromatic rings. The van der Waals surface area contributed by atoms with Gasteiger partial charge in [-0.05, 0) is 44.7 Å². The van der Waals surface area contributed by atoms with Gasteiger partial charge in [-0.1, -0.05) is 12.1 Å². The summed E-state index contributed by atoms with van der Waals surface area (Å²) in [6.45, 7) is 2.75. The van der Waals surface area contributed by atoms with Crippen LogP contribution in [0.1, 0.15) is 32.6 Å². The summed E-state index contributed by atoms with van der Waals surface area (Å²) < 4.78 is 5.67. The molecule has 0 amide bonds. The number of fused-ring (bicyclic) bond motifs is 2. The minimum Gasteiger partial charge on any atom is -0.492 e. The van der Waals surface area contributed by atoms with Crippen LogP contribution in [0.4, 0.5) is 5.69 Å². The molecule has 3 nitrogen and oxygen atoms in total. The molecule has 2 saturated heterocycles. The molecule has 0 aliphatic carbocycles. The van der Waals surface area contributed by atoms with Gasteiger partial charge in [-0.3, -0.25) is 0 Å². The van der Waals surface area contributed by atoms with Crippen LogP contribution in [0.2, 0.25) is 0 Å². The molecule has 2 N–H and O–H groups in total. The molecule has 98 valence electrons. The highest BCUT2D eigenvalue weighted by Crippen LogP contribution is 2.31. The molecule has 2 aliphatic heterocycles. The topological polar surface area (TPSA) is 33.3 Å². The molecule has 2 aliphatic rings. The van der Waals surface area contributed by atoms with Crippen molar-refractivity contribution in [2.45, 2.75) is 50.7 Å². The molecule has 0 spiro atoms. The predicted molar refractivity (Wildman–Crippen MR) is 74.2 cm³/mol. The van der Waals surface area contributed by atoms with Gasteiger partial charge in [0.25, 0.3) is 0 Å². The summed E-state index contributed by atoms with van der Waals surface area (Å²) >= 11 is 0. The second-order valence-corrected chi connectivity index (χ2v) is 5.38. The molecule has 2 fully saturated rings. The van der Waals surface area contributed by atoms with E-state index in [2.05, 4.69) is 22.8 Å². The van der Waals surface area contributed by atoms with E-state index in [1.165, 1.54) is 25.7 Å². The van der Waals surface area contributed by atoms with Crippen molar-refractivity contribution in [1.82, 2.24) is 5.32 Å². The molecular weight excluding hydrogens is 224 g/mol. The van der Waals surface area contributed by atoms with Crippen LogP contribution in [-0.4, -0.2) is 24.7 Å². The number of nitrogens with one attached hydrogen (secondary N) is 2. The van der Waals surface area contributed by atoms with Crippen LogP contribution in [0.15, 0.2) is 24.3 Å². The number of hydrogen-bond acceptors (Lipinski definition) is 3. The molecule has 3 rings (SSSR count). The Hall–Kier alpha value is -1.22.